The van der Waals surface area contributed by atoms with Crippen molar-refractivity contribution in [3.05, 3.63) is 45.8 Å². The normalized spacial score (nSPS) is 10.7. The Bertz CT molecular complexity index is 640. The molecule has 18 heavy (non-hydrogen) atoms. The number of rotatable bonds is 4. The molecule has 0 aliphatic rings. The van der Waals surface area contributed by atoms with E-state index in [1.165, 1.54) is 6.07 Å². The van der Waals surface area contributed by atoms with Gasteiger partial charge in [-0.05, 0) is 31.0 Å². The first kappa shape index (κ1) is 12.4. The number of aliphatic carboxylic acids is 1. The zero-order valence-electron chi connectivity index (χ0n) is 10.1. The van der Waals surface area contributed by atoms with Gasteiger partial charge in [-0.1, -0.05) is 6.07 Å². The van der Waals surface area contributed by atoms with Gasteiger partial charge >= 0.3 is 5.97 Å². The SMILES string of the molecule is Cc1ccc2c(=O)cc(CCCC(=O)O)oc2c1. The smallest absolute Gasteiger partial charge is 0.303 e. The largest absolute Gasteiger partial charge is 0.481 e. The zero-order valence-corrected chi connectivity index (χ0v) is 10.1. The molecule has 4 nitrogen and oxygen atoms in total. The Morgan fingerprint density at radius 3 is 2.83 bits per heavy atom. The molecule has 0 bridgehead atoms. The molecule has 0 spiro atoms. The number of carbonyl (C=O) groups is 1. The fourth-order valence-electron chi connectivity index (χ4n) is 1.85. The van der Waals surface area contributed by atoms with Crippen molar-refractivity contribution in [1.29, 1.82) is 0 Å². The molecule has 94 valence electrons. The lowest BCUT2D eigenvalue weighted by Crippen LogP contribution is -2.03. The summed E-state index contributed by atoms with van der Waals surface area (Å²) in [4.78, 5) is 22.3. The summed E-state index contributed by atoms with van der Waals surface area (Å²) in [5.41, 5.74) is 1.50. The van der Waals surface area contributed by atoms with Crippen molar-refractivity contribution in [2.75, 3.05) is 0 Å². The van der Waals surface area contributed by atoms with Gasteiger partial charge in [0.05, 0.1) is 5.39 Å². The highest BCUT2D eigenvalue weighted by molar-refractivity contribution is 5.77. The van der Waals surface area contributed by atoms with Crippen molar-refractivity contribution in [2.45, 2.75) is 26.2 Å². The predicted octanol–water partition coefficient (Wildman–Crippen LogP) is 2.51. The maximum Gasteiger partial charge on any atom is 0.303 e. The predicted molar refractivity (Wildman–Crippen MR) is 67.8 cm³/mol. The number of fused-ring (bicyclic) bond motifs is 1. The van der Waals surface area contributed by atoms with E-state index >= 15 is 0 Å². The molecule has 1 heterocycles. The minimum absolute atomic E-state index is 0.0789. The van der Waals surface area contributed by atoms with Crippen molar-refractivity contribution in [2.24, 2.45) is 0 Å². The van der Waals surface area contributed by atoms with Gasteiger partial charge in [-0.2, -0.15) is 0 Å². The van der Waals surface area contributed by atoms with Gasteiger partial charge in [0.15, 0.2) is 5.43 Å². The Kier molecular flexibility index (Phi) is 3.46. The highest BCUT2D eigenvalue weighted by atomic mass is 16.4. The molecule has 1 aromatic heterocycles. The second-order valence-electron chi connectivity index (χ2n) is 4.32. The molecule has 1 N–H and O–H groups in total. The third-order valence-corrected chi connectivity index (χ3v) is 2.75. The van der Waals surface area contributed by atoms with Crippen LogP contribution in [0.3, 0.4) is 0 Å². The molecular weight excluding hydrogens is 232 g/mol. The first-order valence-electron chi connectivity index (χ1n) is 5.81. The minimum Gasteiger partial charge on any atom is -0.481 e. The van der Waals surface area contributed by atoms with Crippen molar-refractivity contribution in [3.8, 4) is 0 Å². The summed E-state index contributed by atoms with van der Waals surface area (Å²) in [6.45, 7) is 1.93. The van der Waals surface area contributed by atoms with E-state index in [9.17, 15) is 9.59 Å². The number of hydrogen-bond acceptors (Lipinski definition) is 3. The lowest BCUT2D eigenvalue weighted by atomic mass is 10.1. The van der Waals surface area contributed by atoms with Crippen LogP contribution in [0.5, 0.6) is 0 Å². The Morgan fingerprint density at radius 2 is 2.11 bits per heavy atom. The van der Waals surface area contributed by atoms with Crippen LogP contribution in [0, 0.1) is 6.92 Å². The van der Waals surface area contributed by atoms with Crippen LogP contribution in [0.2, 0.25) is 0 Å². The van der Waals surface area contributed by atoms with Gasteiger partial charge in [0.25, 0.3) is 0 Å². The molecule has 0 aliphatic heterocycles. The van der Waals surface area contributed by atoms with E-state index < -0.39 is 5.97 Å². The molecular formula is C14H14O4. The quantitative estimate of drug-likeness (QED) is 0.900. The summed E-state index contributed by atoms with van der Waals surface area (Å²) in [7, 11) is 0. The molecule has 0 atom stereocenters. The topological polar surface area (TPSA) is 67.5 Å². The molecule has 0 saturated carbocycles. The highest BCUT2D eigenvalue weighted by Crippen LogP contribution is 2.15. The lowest BCUT2D eigenvalue weighted by Gasteiger charge is -2.03. The Balaban J connectivity index is 2.30. The number of hydrogen-bond donors (Lipinski definition) is 1. The summed E-state index contributed by atoms with van der Waals surface area (Å²) in [5.74, 6) is -0.298. The molecule has 0 aliphatic carbocycles. The van der Waals surface area contributed by atoms with Gasteiger partial charge in [0, 0.05) is 18.9 Å². The van der Waals surface area contributed by atoms with Crippen LogP contribution in [-0.2, 0) is 11.2 Å². The zero-order chi connectivity index (χ0) is 13.1. The van der Waals surface area contributed by atoms with E-state index in [2.05, 4.69) is 0 Å². The molecule has 0 unspecified atom stereocenters. The van der Waals surface area contributed by atoms with Gasteiger partial charge in [-0.25, -0.2) is 0 Å². The van der Waals surface area contributed by atoms with Crippen molar-refractivity contribution in [3.63, 3.8) is 0 Å². The van der Waals surface area contributed by atoms with Crippen LogP contribution in [0.15, 0.2) is 33.5 Å². The van der Waals surface area contributed by atoms with Crippen LogP contribution < -0.4 is 5.43 Å². The molecule has 0 radical (unpaired) electrons. The number of benzene rings is 1. The van der Waals surface area contributed by atoms with Crippen molar-refractivity contribution in [1.82, 2.24) is 0 Å². The minimum atomic E-state index is -0.839. The second-order valence-corrected chi connectivity index (χ2v) is 4.32. The Labute approximate surface area is 104 Å². The molecule has 0 fully saturated rings. The molecule has 1 aromatic carbocycles. The molecule has 0 saturated heterocycles. The van der Waals surface area contributed by atoms with Crippen LogP contribution in [0.25, 0.3) is 11.0 Å². The third-order valence-electron chi connectivity index (χ3n) is 2.75. The standard InChI is InChI=1S/C14H14O4/c1-9-5-6-11-12(15)8-10(18-13(11)7-9)3-2-4-14(16)17/h5-8H,2-4H2,1H3,(H,16,17). The fourth-order valence-corrected chi connectivity index (χ4v) is 1.85. The Hall–Kier alpha value is -2.10. The Morgan fingerprint density at radius 1 is 1.33 bits per heavy atom. The summed E-state index contributed by atoms with van der Waals surface area (Å²) < 4.78 is 5.61. The summed E-state index contributed by atoms with van der Waals surface area (Å²) in [6, 6.07) is 6.87. The highest BCUT2D eigenvalue weighted by Gasteiger charge is 2.06. The van der Waals surface area contributed by atoms with Crippen LogP contribution in [0.1, 0.15) is 24.2 Å². The number of carboxylic acid groups (broad SMARTS) is 1. The number of carboxylic acids is 1. The van der Waals surface area contributed by atoms with E-state index in [1.54, 1.807) is 6.07 Å². The molecule has 2 aromatic rings. The van der Waals surface area contributed by atoms with Crippen molar-refractivity contribution >= 4 is 16.9 Å². The van der Waals surface area contributed by atoms with Gasteiger partial charge in [-0.15, -0.1) is 0 Å². The van der Waals surface area contributed by atoms with E-state index in [-0.39, 0.29) is 11.8 Å². The van der Waals surface area contributed by atoms with E-state index in [4.69, 9.17) is 9.52 Å². The van der Waals surface area contributed by atoms with Crippen LogP contribution >= 0.6 is 0 Å². The average Bonchev–Trinajstić information content (AvgIpc) is 2.27. The lowest BCUT2D eigenvalue weighted by molar-refractivity contribution is -0.137. The maximum atomic E-state index is 11.8. The maximum absolute atomic E-state index is 11.8. The van der Waals surface area contributed by atoms with Gasteiger partial charge in [-0.3, -0.25) is 9.59 Å². The van der Waals surface area contributed by atoms with Crippen LogP contribution in [-0.4, -0.2) is 11.1 Å². The summed E-state index contributed by atoms with van der Waals surface area (Å²) >= 11 is 0. The third kappa shape index (κ3) is 2.77. The fraction of sp³-hybridized carbons (Fsp3) is 0.286. The van der Waals surface area contributed by atoms with E-state index in [1.807, 2.05) is 19.1 Å². The molecule has 4 heteroatoms. The second kappa shape index (κ2) is 5.04. The van der Waals surface area contributed by atoms with Crippen molar-refractivity contribution < 1.29 is 14.3 Å². The summed E-state index contributed by atoms with van der Waals surface area (Å²) in [6.07, 6.45) is 1.01. The first-order chi connectivity index (χ1) is 8.56. The molecule has 0 amide bonds. The average molecular weight is 246 g/mol. The first-order valence-corrected chi connectivity index (χ1v) is 5.81. The van der Waals surface area contributed by atoms with E-state index in [0.717, 1.165) is 5.56 Å². The van der Waals surface area contributed by atoms with Gasteiger partial charge in [0.2, 0.25) is 0 Å². The summed E-state index contributed by atoms with van der Waals surface area (Å²) in [5, 5.41) is 9.12. The number of aryl methyl sites for hydroxylation is 2. The van der Waals surface area contributed by atoms with Crippen LogP contribution in [0.4, 0.5) is 0 Å². The van der Waals surface area contributed by atoms with Gasteiger partial charge < -0.3 is 9.52 Å². The van der Waals surface area contributed by atoms with E-state index in [0.29, 0.717) is 29.6 Å². The monoisotopic (exact) mass is 246 g/mol. The molecule has 2 rings (SSSR count). The van der Waals surface area contributed by atoms with Gasteiger partial charge in [0.1, 0.15) is 11.3 Å².